The summed E-state index contributed by atoms with van der Waals surface area (Å²) < 4.78 is 44.5. The molecular weight excluding hydrogens is 392 g/mol. The van der Waals surface area contributed by atoms with Crippen LogP contribution in [-0.2, 0) is 11.2 Å². The molecule has 5 atom stereocenters. The average molecular weight is 426 g/mol. The minimum Gasteiger partial charge on any atom is -0.493 e. The van der Waals surface area contributed by atoms with Gasteiger partial charge in [-0.1, -0.05) is 6.92 Å². The Hall–Kier alpha value is -1.44. The molecule has 168 valence electrons. The van der Waals surface area contributed by atoms with E-state index in [1.807, 2.05) is 32.9 Å². The lowest BCUT2D eigenvalue weighted by atomic mass is 9.84. The predicted octanol–water partition coefficient (Wildman–Crippen LogP) is 3.82. The molecule has 0 spiro atoms. The smallest absolute Gasteiger partial charge is 0.257 e. The quantitative estimate of drug-likeness (QED) is 0.777. The summed E-state index contributed by atoms with van der Waals surface area (Å²) in [6, 6.07) is 3.97. The number of ether oxygens (including phenoxy) is 3. The van der Waals surface area contributed by atoms with Crippen LogP contribution in [-0.4, -0.2) is 60.5 Å². The molecule has 1 aromatic carbocycles. The molecule has 0 bridgehead atoms. The Kier molecular flexibility index (Phi) is 5.52. The zero-order valence-electron chi connectivity index (χ0n) is 18.5. The van der Waals surface area contributed by atoms with Gasteiger partial charge in [-0.05, 0) is 56.9 Å². The Morgan fingerprint density at radius 2 is 1.93 bits per heavy atom. The molecule has 5 nitrogen and oxygen atoms in total. The summed E-state index contributed by atoms with van der Waals surface area (Å²) in [4.78, 5) is 2.36. The first-order chi connectivity index (χ1) is 14.0. The van der Waals surface area contributed by atoms with Gasteiger partial charge in [0.2, 0.25) is 0 Å². The lowest BCUT2D eigenvalue weighted by molar-refractivity contribution is -0.149. The molecule has 0 radical (unpaired) electrons. The van der Waals surface area contributed by atoms with Gasteiger partial charge in [-0.2, -0.15) is 0 Å². The number of hydrogen-bond acceptors (Lipinski definition) is 5. The summed E-state index contributed by atoms with van der Waals surface area (Å²) in [6.07, 6.45) is 0.662. The zero-order chi connectivity index (χ0) is 21.8. The Morgan fingerprint density at radius 3 is 2.53 bits per heavy atom. The molecule has 30 heavy (non-hydrogen) atoms. The first-order valence-electron chi connectivity index (χ1n) is 10.8. The molecule has 2 heterocycles. The van der Waals surface area contributed by atoms with E-state index in [1.165, 1.54) is 0 Å². The fraction of sp³-hybridized carbons (Fsp3) is 0.739. The number of fused-ring (bicyclic) bond motifs is 3. The highest BCUT2D eigenvalue weighted by Gasteiger charge is 2.65. The maximum absolute atomic E-state index is 13.6. The Morgan fingerprint density at radius 1 is 1.23 bits per heavy atom. The van der Waals surface area contributed by atoms with E-state index in [0.717, 1.165) is 24.1 Å². The van der Waals surface area contributed by atoms with Gasteiger partial charge in [0.05, 0.1) is 37.4 Å². The third-order valence-electron chi connectivity index (χ3n) is 6.72. The highest BCUT2D eigenvalue weighted by Crippen LogP contribution is 2.55. The van der Waals surface area contributed by atoms with Crippen LogP contribution in [0.3, 0.4) is 0 Å². The lowest BCUT2D eigenvalue weighted by Gasteiger charge is -2.46. The molecule has 1 saturated heterocycles. The Balaban J connectivity index is 1.51. The number of methoxy groups -OCH3 is 1. The third-order valence-corrected chi connectivity index (χ3v) is 6.72. The second kappa shape index (κ2) is 7.61. The molecule has 3 aliphatic rings. The van der Waals surface area contributed by atoms with Gasteiger partial charge in [0.15, 0.2) is 11.5 Å². The van der Waals surface area contributed by atoms with Crippen LogP contribution in [0.4, 0.5) is 8.78 Å². The normalized spacial score (nSPS) is 32.9. The van der Waals surface area contributed by atoms with Crippen LogP contribution < -0.4 is 9.47 Å². The van der Waals surface area contributed by atoms with Gasteiger partial charge in [0.25, 0.3) is 5.92 Å². The number of aliphatic hydroxyl groups is 1. The van der Waals surface area contributed by atoms with Crippen molar-refractivity contribution in [2.45, 2.75) is 70.3 Å². The number of hydrogen-bond donors (Lipinski definition) is 1. The van der Waals surface area contributed by atoms with E-state index >= 15 is 0 Å². The van der Waals surface area contributed by atoms with E-state index in [0.29, 0.717) is 24.5 Å². The fourth-order valence-corrected chi connectivity index (χ4v) is 4.83. The van der Waals surface area contributed by atoms with Crippen LogP contribution in [0.15, 0.2) is 12.1 Å². The minimum atomic E-state index is -2.63. The Labute approximate surface area is 177 Å². The molecule has 2 fully saturated rings. The van der Waals surface area contributed by atoms with Crippen molar-refractivity contribution >= 4 is 0 Å². The van der Waals surface area contributed by atoms with Gasteiger partial charge in [-0.25, -0.2) is 8.78 Å². The van der Waals surface area contributed by atoms with Crippen molar-refractivity contribution in [3.63, 3.8) is 0 Å². The van der Waals surface area contributed by atoms with Crippen LogP contribution >= 0.6 is 0 Å². The van der Waals surface area contributed by atoms with E-state index in [1.54, 1.807) is 14.0 Å². The summed E-state index contributed by atoms with van der Waals surface area (Å²) >= 11 is 0. The van der Waals surface area contributed by atoms with Crippen LogP contribution in [0.2, 0.25) is 0 Å². The maximum atomic E-state index is 13.6. The molecular formula is C23H33F2NO4. The first-order valence-corrected chi connectivity index (χ1v) is 10.8. The van der Waals surface area contributed by atoms with Gasteiger partial charge in [0, 0.05) is 25.0 Å². The van der Waals surface area contributed by atoms with Gasteiger partial charge in [-0.3, -0.25) is 4.90 Å². The number of rotatable bonds is 5. The number of aliphatic hydroxyl groups excluding tert-OH is 1. The highest BCUT2D eigenvalue weighted by atomic mass is 19.3. The van der Waals surface area contributed by atoms with E-state index in [9.17, 15) is 13.9 Å². The van der Waals surface area contributed by atoms with E-state index in [-0.39, 0.29) is 24.4 Å². The highest BCUT2D eigenvalue weighted by molar-refractivity contribution is 5.49. The number of nitrogens with zero attached hydrogens (tertiary/aromatic N) is 1. The van der Waals surface area contributed by atoms with Gasteiger partial charge in [-0.15, -0.1) is 0 Å². The Bertz CT molecular complexity index is 794. The first kappa shape index (κ1) is 21.8. The van der Waals surface area contributed by atoms with Gasteiger partial charge in [0.1, 0.15) is 0 Å². The maximum Gasteiger partial charge on any atom is 0.257 e. The van der Waals surface area contributed by atoms with Crippen molar-refractivity contribution in [2.75, 3.05) is 26.8 Å². The van der Waals surface area contributed by atoms with Crippen LogP contribution in [0.25, 0.3) is 0 Å². The standard InChI is InChI=1S/C23H33F2NO4/c1-13-16(23(13,24)25)12-29-20-8-14-6-7-26-11-21(30-22(2,3)4)18(27)10-17(26)15(14)9-19(20)28-5/h8-9,13,16-18,21,27H,6-7,10-12H2,1-5H3/t13-,16-,17-,18-,21-/m1/s1. The van der Waals surface area contributed by atoms with Crippen molar-refractivity contribution in [3.8, 4) is 11.5 Å². The van der Waals surface area contributed by atoms with Crippen molar-refractivity contribution < 1.29 is 28.1 Å². The number of piperidine rings is 1. The molecule has 1 aliphatic carbocycles. The summed E-state index contributed by atoms with van der Waals surface area (Å²) in [5, 5.41) is 10.7. The number of benzene rings is 1. The monoisotopic (exact) mass is 425 g/mol. The van der Waals surface area contributed by atoms with Crippen molar-refractivity contribution in [3.05, 3.63) is 23.3 Å². The molecule has 7 heteroatoms. The molecule has 0 unspecified atom stereocenters. The fourth-order valence-electron chi connectivity index (χ4n) is 4.83. The van der Waals surface area contributed by atoms with E-state index < -0.39 is 23.9 Å². The van der Waals surface area contributed by atoms with Crippen LogP contribution in [0.5, 0.6) is 11.5 Å². The molecule has 1 aromatic rings. The molecule has 0 aromatic heterocycles. The summed E-state index contributed by atoms with van der Waals surface area (Å²) in [7, 11) is 1.56. The number of halogens is 2. The largest absolute Gasteiger partial charge is 0.493 e. The van der Waals surface area contributed by atoms with Crippen molar-refractivity contribution in [1.82, 2.24) is 4.90 Å². The topological polar surface area (TPSA) is 51.2 Å². The minimum absolute atomic E-state index is 0.0105. The summed E-state index contributed by atoms with van der Waals surface area (Å²) in [6.45, 7) is 9.09. The summed E-state index contributed by atoms with van der Waals surface area (Å²) in [5.41, 5.74) is 1.94. The van der Waals surface area contributed by atoms with E-state index in [2.05, 4.69) is 4.90 Å². The molecule has 1 N–H and O–H groups in total. The van der Waals surface area contributed by atoms with Crippen LogP contribution in [0, 0.1) is 11.8 Å². The molecule has 1 saturated carbocycles. The molecule has 0 amide bonds. The van der Waals surface area contributed by atoms with Gasteiger partial charge >= 0.3 is 0 Å². The van der Waals surface area contributed by atoms with Gasteiger partial charge < -0.3 is 19.3 Å². The third kappa shape index (κ3) is 4.04. The zero-order valence-corrected chi connectivity index (χ0v) is 18.5. The lowest BCUT2D eigenvalue weighted by Crippen LogP contribution is -2.53. The molecule has 4 rings (SSSR count). The molecule has 2 aliphatic heterocycles. The SMILES string of the molecule is COc1cc2c(cc1OC[C@@H]1[C@@H](C)C1(F)F)CCN1C[C@@H](OC(C)(C)C)[C@H](O)C[C@H]21. The van der Waals surface area contributed by atoms with Crippen molar-refractivity contribution in [1.29, 1.82) is 0 Å². The van der Waals surface area contributed by atoms with Crippen molar-refractivity contribution in [2.24, 2.45) is 11.8 Å². The predicted molar refractivity (Wildman–Crippen MR) is 109 cm³/mol. The van der Waals surface area contributed by atoms with Crippen LogP contribution in [0.1, 0.15) is 51.3 Å². The summed E-state index contributed by atoms with van der Waals surface area (Å²) in [5.74, 6) is -2.94. The van der Waals surface area contributed by atoms with E-state index in [4.69, 9.17) is 14.2 Å². The average Bonchev–Trinajstić information content (AvgIpc) is 3.14. The number of alkyl halides is 2. The second-order valence-electron chi connectivity index (χ2n) is 9.92. The second-order valence-corrected chi connectivity index (χ2v) is 9.92.